The third kappa shape index (κ3) is 3.17. The van der Waals surface area contributed by atoms with E-state index in [1.807, 2.05) is 19.1 Å². The van der Waals surface area contributed by atoms with Crippen LogP contribution in [0.1, 0.15) is 25.7 Å². The molecule has 2 aromatic rings. The topological polar surface area (TPSA) is 56.0 Å². The van der Waals surface area contributed by atoms with Crippen molar-refractivity contribution >= 4 is 17.4 Å². The predicted molar refractivity (Wildman–Crippen MR) is 68.4 cm³/mol. The number of hydrogen-bond acceptors (Lipinski definition) is 4. The Morgan fingerprint density at radius 2 is 2.06 bits per heavy atom. The molecule has 0 aliphatic rings. The van der Waals surface area contributed by atoms with Gasteiger partial charge in [-0.1, -0.05) is 23.7 Å². The van der Waals surface area contributed by atoms with Crippen LogP contribution in [-0.2, 0) is 11.2 Å². The summed E-state index contributed by atoms with van der Waals surface area (Å²) in [7, 11) is 0. The highest BCUT2D eigenvalue weighted by Gasteiger charge is 2.11. The van der Waals surface area contributed by atoms with Gasteiger partial charge in [0.25, 0.3) is 0 Å². The molecule has 0 N–H and O–H groups in total. The Labute approximate surface area is 110 Å². The summed E-state index contributed by atoms with van der Waals surface area (Å²) in [6.07, 6.45) is 1.57. The molecule has 1 heterocycles. The van der Waals surface area contributed by atoms with E-state index in [0.717, 1.165) is 12.0 Å². The van der Waals surface area contributed by atoms with E-state index in [4.69, 9.17) is 16.1 Å². The van der Waals surface area contributed by atoms with Gasteiger partial charge in [0.15, 0.2) is 0 Å². The second-order valence-electron chi connectivity index (χ2n) is 3.98. The molecule has 0 aliphatic carbocycles. The molecule has 18 heavy (non-hydrogen) atoms. The van der Waals surface area contributed by atoms with Crippen LogP contribution in [0.3, 0.4) is 0 Å². The van der Waals surface area contributed by atoms with Crippen molar-refractivity contribution in [3.05, 3.63) is 35.2 Å². The minimum Gasteiger partial charge on any atom is -0.339 e. The van der Waals surface area contributed by atoms with Crippen LogP contribution in [-0.4, -0.2) is 15.9 Å². The van der Waals surface area contributed by atoms with E-state index in [0.29, 0.717) is 23.2 Å². The maximum atomic E-state index is 11.5. The maximum absolute atomic E-state index is 11.5. The number of carbonyl (C=O) groups excluding carboxylic acids is 1. The lowest BCUT2D eigenvalue weighted by Crippen LogP contribution is -2.01. The minimum atomic E-state index is 0.115. The van der Waals surface area contributed by atoms with Gasteiger partial charge in [-0.05, 0) is 30.7 Å². The van der Waals surface area contributed by atoms with E-state index in [1.165, 1.54) is 0 Å². The first-order valence-electron chi connectivity index (χ1n) is 5.79. The number of aromatic nitrogens is 2. The lowest BCUT2D eigenvalue weighted by Gasteiger charge is -1.93. The molecule has 0 amide bonds. The molecule has 0 unspecified atom stereocenters. The zero-order valence-electron chi connectivity index (χ0n) is 10.0. The molecule has 0 fully saturated rings. The van der Waals surface area contributed by atoms with Crippen molar-refractivity contribution in [1.82, 2.24) is 10.1 Å². The summed E-state index contributed by atoms with van der Waals surface area (Å²) in [4.78, 5) is 15.6. The van der Waals surface area contributed by atoms with Crippen LogP contribution in [0.4, 0.5) is 0 Å². The van der Waals surface area contributed by atoms with Crippen LogP contribution in [0, 0.1) is 0 Å². The molecule has 0 saturated carbocycles. The molecule has 1 aromatic carbocycles. The van der Waals surface area contributed by atoms with Crippen molar-refractivity contribution in [2.75, 3.05) is 0 Å². The lowest BCUT2D eigenvalue weighted by atomic mass is 10.2. The number of rotatable bonds is 5. The van der Waals surface area contributed by atoms with Crippen molar-refractivity contribution in [3.63, 3.8) is 0 Å². The molecular formula is C13H13ClN2O2. The third-order valence-electron chi connectivity index (χ3n) is 2.45. The summed E-state index contributed by atoms with van der Waals surface area (Å²) in [5.41, 5.74) is 0.817. The Morgan fingerprint density at radius 3 is 2.72 bits per heavy atom. The molecule has 0 atom stereocenters. The molecular weight excluding hydrogens is 252 g/mol. The van der Waals surface area contributed by atoms with E-state index in [-0.39, 0.29) is 12.2 Å². The summed E-state index contributed by atoms with van der Waals surface area (Å²) >= 11 is 5.80. The largest absolute Gasteiger partial charge is 0.339 e. The molecule has 1 aromatic heterocycles. The molecule has 4 nitrogen and oxygen atoms in total. The SMILES string of the molecule is CCCC(=O)Cc1nc(-c2ccc(Cl)cc2)no1. The molecule has 94 valence electrons. The number of ketones is 1. The van der Waals surface area contributed by atoms with Crippen molar-refractivity contribution in [1.29, 1.82) is 0 Å². The summed E-state index contributed by atoms with van der Waals surface area (Å²) in [5.74, 6) is 0.952. The highest BCUT2D eigenvalue weighted by molar-refractivity contribution is 6.30. The fraction of sp³-hybridized carbons (Fsp3) is 0.308. The van der Waals surface area contributed by atoms with E-state index < -0.39 is 0 Å². The van der Waals surface area contributed by atoms with Gasteiger partial charge in [-0.3, -0.25) is 4.79 Å². The van der Waals surface area contributed by atoms with Crippen molar-refractivity contribution in [2.24, 2.45) is 0 Å². The van der Waals surface area contributed by atoms with Gasteiger partial charge in [-0.2, -0.15) is 4.98 Å². The van der Waals surface area contributed by atoms with Gasteiger partial charge in [0.05, 0.1) is 6.42 Å². The van der Waals surface area contributed by atoms with Gasteiger partial charge in [0.1, 0.15) is 5.78 Å². The smallest absolute Gasteiger partial charge is 0.234 e. The van der Waals surface area contributed by atoms with E-state index in [9.17, 15) is 4.79 Å². The lowest BCUT2D eigenvalue weighted by molar-refractivity contribution is -0.118. The number of carbonyl (C=O) groups is 1. The fourth-order valence-corrected chi connectivity index (χ4v) is 1.70. The van der Waals surface area contributed by atoms with E-state index in [1.54, 1.807) is 12.1 Å². The standard InChI is InChI=1S/C13H13ClN2O2/c1-2-3-11(17)8-12-15-13(16-18-12)9-4-6-10(14)7-5-9/h4-7H,2-3,8H2,1H3. The highest BCUT2D eigenvalue weighted by atomic mass is 35.5. The zero-order chi connectivity index (χ0) is 13.0. The van der Waals surface area contributed by atoms with Crippen LogP contribution in [0.5, 0.6) is 0 Å². The molecule has 0 radical (unpaired) electrons. The summed E-state index contributed by atoms with van der Waals surface area (Å²) in [6.45, 7) is 1.96. The van der Waals surface area contributed by atoms with E-state index in [2.05, 4.69) is 10.1 Å². The number of halogens is 1. The van der Waals surface area contributed by atoms with Gasteiger partial charge in [0.2, 0.25) is 11.7 Å². The second kappa shape index (κ2) is 5.78. The maximum Gasteiger partial charge on any atom is 0.234 e. The van der Waals surface area contributed by atoms with Crippen LogP contribution in [0.15, 0.2) is 28.8 Å². The van der Waals surface area contributed by atoms with Crippen LogP contribution in [0.2, 0.25) is 5.02 Å². The van der Waals surface area contributed by atoms with Crippen LogP contribution < -0.4 is 0 Å². The quantitative estimate of drug-likeness (QED) is 0.831. The monoisotopic (exact) mass is 264 g/mol. The van der Waals surface area contributed by atoms with Crippen LogP contribution >= 0.6 is 11.6 Å². The summed E-state index contributed by atoms with van der Waals surface area (Å²) in [5, 5.41) is 4.50. The number of nitrogens with zero attached hydrogens (tertiary/aromatic N) is 2. The fourth-order valence-electron chi connectivity index (χ4n) is 1.58. The number of Topliss-reactive ketones (excluding diaryl/α,β-unsaturated/α-hetero) is 1. The Balaban J connectivity index is 2.10. The van der Waals surface area contributed by atoms with E-state index >= 15 is 0 Å². The third-order valence-corrected chi connectivity index (χ3v) is 2.70. The molecule has 5 heteroatoms. The van der Waals surface area contributed by atoms with Crippen molar-refractivity contribution in [2.45, 2.75) is 26.2 Å². The average Bonchev–Trinajstić information content (AvgIpc) is 2.78. The van der Waals surface area contributed by atoms with Gasteiger partial charge < -0.3 is 4.52 Å². The number of hydrogen-bond donors (Lipinski definition) is 0. The van der Waals surface area contributed by atoms with Crippen molar-refractivity contribution < 1.29 is 9.32 Å². The van der Waals surface area contributed by atoms with Gasteiger partial charge in [-0.25, -0.2) is 0 Å². The minimum absolute atomic E-state index is 0.115. The Morgan fingerprint density at radius 1 is 1.33 bits per heavy atom. The van der Waals surface area contributed by atoms with Crippen LogP contribution in [0.25, 0.3) is 11.4 Å². The Hall–Kier alpha value is -1.68. The van der Waals surface area contributed by atoms with Gasteiger partial charge in [0, 0.05) is 17.0 Å². The normalized spacial score (nSPS) is 10.6. The second-order valence-corrected chi connectivity index (χ2v) is 4.42. The molecule has 0 aliphatic heterocycles. The molecule has 0 saturated heterocycles. The average molecular weight is 265 g/mol. The first-order chi connectivity index (χ1) is 8.69. The molecule has 0 spiro atoms. The zero-order valence-corrected chi connectivity index (χ0v) is 10.8. The van der Waals surface area contributed by atoms with Crippen molar-refractivity contribution in [3.8, 4) is 11.4 Å². The molecule has 0 bridgehead atoms. The first-order valence-corrected chi connectivity index (χ1v) is 6.17. The highest BCUT2D eigenvalue weighted by Crippen LogP contribution is 2.18. The summed E-state index contributed by atoms with van der Waals surface area (Å²) < 4.78 is 5.05. The number of benzene rings is 1. The Kier molecular flexibility index (Phi) is 4.10. The summed E-state index contributed by atoms with van der Waals surface area (Å²) in [6, 6.07) is 7.14. The van der Waals surface area contributed by atoms with Gasteiger partial charge in [-0.15, -0.1) is 0 Å². The van der Waals surface area contributed by atoms with Gasteiger partial charge >= 0.3 is 0 Å². The predicted octanol–water partition coefficient (Wildman–Crippen LogP) is 3.30. The first kappa shape index (κ1) is 12.8. The molecule has 2 rings (SSSR count). The Bertz CT molecular complexity index is 534.